The van der Waals surface area contributed by atoms with Crippen molar-refractivity contribution in [3.63, 3.8) is 0 Å². The number of carbonyl (C=O) groups is 1. The van der Waals surface area contributed by atoms with E-state index in [1.807, 2.05) is 13.8 Å². The topological polar surface area (TPSA) is 81.3 Å². The Bertz CT molecular complexity index is 910. The fourth-order valence-electron chi connectivity index (χ4n) is 3.54. The molecular formula is C23H30ClFN4O2. The molecule has 1 aromatic carbocycles. The molecule has 3 unspecified atom stereocenters. The maximum atomic E-state index is 15.7. The molecule has 0 fully saturated rings. The quantitative estimate of drug-likeness (QED) is 0.429. The number of benzene rings is 1. The van der Waals surface area contributed by atoms with Crippen LogP contribution in [0.2, 0.25) is 5.02 Å². The number of ether oxygens (including phenoxy) is 1. The molecule has 0 radical (unpaired) electrons. The van der Waals surface area contributed by atoms with Gasteiger partial charge < -0.3 is 15.4 Å². The highest BCUT2D eigenvalue weighted by Crippen LogP contribution is 2.41. The van der Waals surface area contributed by atoms with Gasteiger partial charge >= 0.3 is 5.97 Å². The average molecular weight is 449 g/mol. The van der Waals surface area contributed by atoms with E-state index in [1.165, 1.54) is 18.6 Å². The van der Waals surface area contributed by atoms with Crippen LogP contribution in [0.1, 0.15) is 42.7 Å². The summed E-state index contributed by atoms with van der Waals surface area (Å²) in [5.74, 6) is -1.06. The van der Waals surface area contributed by atoms with E-state index in [-0.39, 0.29) is 29.9 Å². The van der Waals surface area contributed by atoms with E-state index in [0.29, 0.717) is 23.4 Å². The molecule has 168 valence electrons. The molecule has 0 spiro atoms. The van der Waals surface area contributed by atoms with E-state index in [9.17, 15) is 4.79 Å². The molecule has 0 aliphatic carbocycles. The third kappa shape index (κ3) is 5.60. The van der Waals surface area contributed by atoms with Gasteiger partial charge in [-0.15, -0.1) is 6.58 Å². The molecule has 2 rings (SSSR count). The smallest absolute Gasteiger partial charge is 0.357 e. The van der Waals surface area contributed by atoms with Crippen LogP contribution < -0.4 is 10.6 Å². The van der Waals surface area contributed by atoms with Gasteiger partial charge in [0.15, 0.2) is 11.5 Å². The number of esters is 1. The highest BCUT2D eigenvalue weighted by atomic mass is 35.5. The largest absolute Gasteiger partial charge is 0.460 e. The zero-order valence-corrected chi connectivity index (χ0v) is 19.2. The van der Waals surface area contributed by atoms with Crippen LogP contribution in [0.3, 0.4) is 0 Å². The predicted octanol–water partition coefficient (Wildman–Crippen LogP) is 4.38. The molecular weight excluding hydrogens is 419 g/mol. The maximum absolute atomic E-state index is 15.7. The predicted molar refractivity (Wildman–Crippen MR) is 122 cm³/mol. The van der Waals surface area contributed by atoms with Crippen LogP contribution in [0.15, 0.2) is 43.4 Å². The Balaban J connectivity index is 2.50. The van der Waals surface area contributed by atoms with Crippen molar-refractivity contribution in [1.82, 2.24) is 9.97 Å². The first-order valence-electron chi connectivity index (χ1n) is 10.1. The van der Waals surface area contributed by atoms with Crippen molar-refractivity contribution in [3.05, 3.63) is 65.5 Å². The van der Waals surface area contributed by atoms with Gasteiger partial charge in [0.05, 0.1) is 10.7 Å². The Morgan fingerprint density at radius 3 is 2.68 bits per heavy atom. The standard InChI is InChI=1S/C23H30ClFN4O2/c1-6-15(3)18(26)12-23(7-2,13-31-22(30)19-10-11-27-14-28-19)16-8-9-17(24)21(20(16)25)29(4)5/h6,8-11,14-15,18H,1,7,12-13,26H2,2-5H3. The summed E-state index contributed by atoms with van der Waals surface area (Å²) in [6.07, 6.45) is 5.38. The molecule has 0 bridgehead atoms. The SMILES string of the molecule is C=CC(C)C(N)CC(CC)(COC(=O)c1ccncn1)c1ccc(Cl)c(N(C)C)c1F. The first kappa shape index (κ1) is 24.8. The third-order valence-electron chi connectivity index (χ3n) is 5.71. The Morgan fingerprint density at radius 1 is 1.42 bits per heavy atom. The summed E-state index contributed by atoms with van der Waals surface area (Å²) in [5.41, 5.74) is 6.39. The zero-order valence-electron chi connectivity index (χ0n) is 18.4. The van der Waals surface area contributed by atoms with E-state index in [0.717, 1.165) is 0 Å². The Kier molecular flexibility index (Phi) is 8.53. The number of nitrogens with two attached hydrogens (primary N) is 1. The monoisotopic (exact) mass is 448 g/mol. The number of aromatic nitrogens is 2. The average Bonchev–Trinajstić information content (AvgIpc) is 2.76. The van der Waals surface area contributed by atoms with Gasteiger partial charge in [-0.05, 0) is 36.5 Å². The van der Waals surface area contributed by atoms with Crippen molar-refractivity contribution in [3.8, 4) is 0 Å². The summed E-state index contributed by atoms with van der Waals surface area (Å²) in [4.78, 5) is 21.9. The molecule has 0 aliphatic rings. The third-order valence-corrected chi connectivity index (χ3v) is 6.01. The second kappa shape index (κ2) is 10.7. The molecule has 0 saturated heterocycles. The van der Waals surface area contributed by atoms with Crippen molar-refractivity contribution in [2.45, 2.75) is 38.1 Å². The van der Waals surface area contributed by atoms with Gasteiger partial charge in [-0.1, -0.05) is 37.6 Å². The van der Waals surface area contributed by atoms with Crippen LogP contribution >= 0.6 is 11.6 Å². The minimum absolute atomic E-state index is 0.00725. The van der Waals surface area contributed by atoms with Crippen LogP contribution in [0.25, 0.3) is 0 Å². The second-order valence-corrected chi connectivity index (χ2v) is 8.33. The number of rotatable bonds is 10. The summed E-state index contributed by atoms with van der Waals surface area (Å²) < 4.78 is 21.3. The molecule has 3 atom stereocenters. The zero-order chi connectivity index (χ0) is 23.2. The lowest BCUT2D eigenvalue weighted by Crippen LogP contribution is -2.42. The van der Waals surface area contributed by atoms with Gasteiger partial charge in [0.25, 0.3) is 0 Å². The molecule has 31 heavy (non-hydrogen) atoms. The van der Waals surface area contributed by atoms with E-state index < -0.39 is 17.2 Å². The Morgan fingerprint density at radius 2 is 2.13 bits per heavy atom. The van der Waals surface area contributed by atoms with Crippen LogP contribution in [0.4, 0.5) is 10.1 Å². The lowest BCUT2D eigenvalue weighted by molar-refractivity contribution is 0.0359. The van der Waals surface area contributed by atoms with Crippen molar-refractivity contribution >= 4 is 23.3 Å². The van der Waals surface area contributed by atoms with Gasteiger partial charge in [-0.25, -0.2) is 19.2 Å². The van der Waals surface area contributed by atoms with Crippen molar-refractivity contribution in [2.75, 3.05) is 25.6 Å². The summed E-state index contributed by atoms with van der Waals surface area (Å²) in [6, 6.07) is 4.47. The molecule has 0 amide bonds. The lowest BCUT2D eigenvalue weighted by Gasteiger charge is -2.37. The number of hydrogen-bond donors (Lipinski definition) is 1. The van der Waals surface area contributed by atoms with Gasteiger partial charge in [0.1, 0.15) is 12.9 Å². The van der Waals surface area contributed by atoms with Crippen LogP contribution in [-0.4, -0.2) is 42.7 Å². The number of anilines is 1. The number of halogens is 2. The Labute approximate surface area is 188 Å². The summed E-state index contributed by atoms with van der Waals surface area (Å²) in [6.45, 7) is 7.63. The molecule has 2 N–H and O–H groups in total. The minimum Gasteiger partial charge on any atom is -0.460 e. The summed E-state index contributed by atoms with van der Waals surface area (Å²) in [7, 11) is 3.45. The highest BCUT2D eigenvalue weighted by molar-refractivity contribution is 6.33. The molecule has 0 saturated carbocycles. The maximum Gasteiger partial charge on any atom is 0.357 e. The fourth-order valence-corrected chi connectivity index (χ4v) is 3.86. The second-order valence-electron chi connectivity index (χ2n) is 7.92. The van der Waals surface area contributed by atoms with Crippen LogP contribution in [0.5, 0.6) is 0 Å². The normalized spacial score (nSPS) is 14.9. The van der Waals surface area contributed by atoms with E-state index in [4.69, 9.17) is 22.1 Å². The van der Waals surface area contributed by atoms with Gasteiger partial charge in [-0.3, -0.25) is 0 Å². The van der Waals surface area contributed by atoms with Crippen molar-refractivity contribution in [2.24, 2.45) is 11.7 Å². The summed E-state index contributed by atoms with van der Waals surface area (Å²) >= 11 is 6.26. The van der Waals surface area contributed by atoms with Crippen LogP contribution in [-0.2, 0) is 10.2 Å². The first-order chi connectivity index (χ1) is 14.7. The highest BCUT2D eigenvalue weighted by Gasteiger charge is 2.38. The number of hydrogen-bond acceptors (Lipinski definition) is 6. The Hall–Kier alpha value is -2.51. The van der Waals surface area contributed by atoms with E-state index >= 15 is 4.39 Å². The molecule has 6 nitrogen and oxygen atoms in total. The van der Waals surface area contributed by atoms with Crippen molar-refractivity contribution < 1.29 is 13.9 Å². The fraction of sp³-hybridized carbons (Fsp3) is 0.435. The lowest BCUT2D eigenvalue weighted by atomic mass is 9.72. The molecule has 2 aromatic rings. The van der Waals surface area contributed by atoms with E-state index in [1.54, 1.807) is 37.2 Å². The number of nitrogens with zero attached hydrogens (tertiary/aromatic N) is 3. The minimum atomic E-state index is -0.862. The molecule has 8 heteroatoms. The summed E-state index contributed by atoms with van der Waals surface area (Å²) in [5, 5.41) is 0.304. The van der Waals surface area contributed by atoms with Gasteiger partial charge in [-0.2, -0.15) is 0 Å². The van der Waals surface area contributed by atoms with E-state index in [2.05, 4.69) is 16.5 Å². The van der Waals surface area contributed by atoms with Gasteiger partial charge in [0, 0.05) is 31.7 Å². The van der Waals surface area contributed by atoms with Gasteiger partial charge in [0.2, 0.25) is 0 Å². The first-order valence-corrected chi connectivity index (χ1v) is 10.5. The molecule has 1 heterocycles. The number of carbonyl (C=O) groups excluding carboxylic acids is 1. The van der Waals surface area contributed by atoms with Crippen molar-refractivity contribution in [1.29, 1.82) is 0 Å². The van der Waals surface area contributed by atoms with Crippen LogP contribution in [0, 0.1) is 11.7 Å². The molecule has 0 aliphatic heterocycles. The molecule has 1 aromatic heterocycles.